The van der Waals surface area contributed by atoms with Crippen molar-refractivity contribution >= 4 is 6.03 Å². The van der Waals surface area contributed by atoms with E-state index in [9.17, 15) is 4.79 Å². The van der Waals surface area contributed by atoms with Gasteiger partial charge < -0.3 is 19.7 Å². The van der Waals surface area contributed by atoms with Crippen LogP contribution in [0.25, 0.3) is 0 Å². The van der Waals surface area contributed by atoms with Crippen molar-refractivity contribution in [1.29, 1.82) is 0 Å². The van der Waals surface area contributed by atoms with Gasteiger partial charge in [-0.3, -0.25) is 4.90 Å². The fraction of sp³-hybridized carbons (Fsp3) is 0.321. The third-order valence-corrected chi connectivity index (χ3v) is 6.45. The molecular formula is C28H31N3O3. The number of hydrogen-bond donors (Lipinski definition) is 1. The van der Waals surface area contributed by atoms with Crippen LogP contribution in [0.5, 0.6) is 11.5 Å². The monoisotopic (exact) mass is 457 g/mol. The van der Waals surface area contributed by atoms with Gasteiger partial charge in [-0.25, -0.2) is 4.79 Å². The van der Waals surface area contributed by atoms with Crippen LogP contribution in [0, 0.1) is 0 Å². The van der Waals surface area contributed by atoms with Gasteiger partial charge in [0.05, 0.1) is 25.2 Å². The van der Waals surface area contributed by atoms with Crippen molar-refractivity contribution in [3.8, 4) is 11.5 Å². The first-order valence-electron chi connectivity index (χ1n) is 12.0. The molecule has 0 saturated carbocycles. The van der Waals surface area contributed by atoms with Gasteiger partial charge in [-0.05, 0) is 36.2 Å². The highest BCUT2D eigenvalue weighted by Gasteiger charge is 2.40. The minimum atomic E-state index is -0.215. The first-order valence-corrected chi connectivity index (χ1v) is 12.0. The summed E-state index contributed by atoms with van der Waals surface area (Å²) in [6, 6.07) is 26.5. The molecule has 1 fully saturated rings. The molecule has 2 aliphatic heterocycles. The molecule has 0 radical (unpaired) electrons. The fourth-order valence-corrected chi connectivity index (χ4v) is 4.83. The molecule has 2 heterocycles. The zero-order valence-electron chi connectivity index (χ0n) is 19.5. The molecule has 1 N–H and O–H groups in total. The van der Waals surface area contributed by atoms with Crippen molar-refractivity contribution in [2.24, 2.45) is 0 Å². The Balaban J connectivity index is 1.39. The van der Waals surface area contributed by atoms with Gasteiger partial charge in [0.2, 0.25) is 0 Å². The normalized spacial score (nSPS) is 19.0. The van der Waals surface area contributed by atoms with E-state index in [1.54, 1.807) is 0 Å². The summed E-state index contributed by atoms with van der Waals surface area (Å²) < 4.78 is 11.6. The van der Waals surface area contributed by atoms with Gasteiger partial charge in [-0.1, -0.05) is 60.7 Å². The molecule has 2 aliphatic rings. The number of carbonyl (C=O) groups is 1. The lowest BCUT2D eigenvalue weighted by Crippen LogP contribution is -2.62. The van der Waals surface area contributed by atoms with Crippen LogP contribution in [0.2, 0.25) is 0 Å². The van der Waals surface area contributed by atoms with E-state index in [0.717, 1.165) is 42.3 Å². The average Bonchev–Trinajstić information content (AvgIpc) is 2.91. The smallest absolute Gasteiger partial charge is 0.318 e. The van der Waals surface area contributed by atoms with Gasteiger partial charge in [-0.2, -0.15) is 0 Å². The molecule has 0 spiro atoms. The first kappa shape index (κ1) is 22.3. The van der Waals surface area contributed by atoms with Crippen LogP contribution in [-0.4, -0.2) is 54.7 Å². The Bertz CT molecular complexity index is 1100. The van der Waals surface area contributed by atoms with Crippen molar-refractivity contribution < 1.29 is 14.3 Å². The lowest BCUT2D eigenvalue weighted by molar-refractivity contribution is 0.0347. The number of carbonyl (C=O) groups excluding carboxylic acids is 1. The number of rotatable bonds is 6. The molecule has 34 heavy (non-hydrogen) atoms. The van der Waals surface area contributed by atoms with Gasteiger partial charge in [0, 0.05) is 25.2 Å². The van der Waals surface area contributed by atoms with E-state index in [0.29, 0.717) is 19.8 Å². The van der Waals surface area contributed by atoms with E-state index in [-0.39, 0.29) is 18.1 Å². The van der Waals surface area contributed by atoms with Gasteiger partial charge in [0.1, 0.15) is 18.1 Å². The quantitative estimate of drug-likeness (QED) is 0.594. The predicted octanol–water partition coefficient (Wildman–Crippen LogP) is 4.46. The third-order valence-electron chi connectivity index (χ3n) is 6.45. The molecule has 3 aromatic carbocycles. The second-order valence-electron chi connectivity index (χ2n) is 8.76. The van der Waals surface area contributed by atoms with Crippen LogP contribution in [0.4, 0.5) is 4.79 Å². The van der Waals surface area contributed by atoms with E-state index >= 15 is 0 Å². The van der Waals surface area contributed by atoms with Crippen molar-refractivity contribution in [2.45, 2.75) is 25.6 Å². The Morgan fingerprint density at radius 1 is 0.971 bits per heavy atom. The number of amides is 2. The van der Waals surface area contributed by atoms with E-state index in [1.165, 1.54) is 5.56 Å². The molecule has 2 amide bonds. The molecule has 176 valence electrons. The largest absolute Gasteiger partial charge is 0.494 e. The Hall–Kier alpha value is -3.51. The first-order chi connectivity index (χ1) is 16.7. The number of fused-ring (bicyclic) bond motifs is 1. The van der Waals surface area contributed by atoms with E-state index < -0.39 is 0 Å². The van der Waals surface area contributed by atoms with Gasteiger partial charge in [0.15, 0.2) is 0 Å². The Kier molecular flexibility index (Phi) is 6.67. The lowest BCUT2D eigenvalue weighted by Gasteiger charge is -2.48. The molecule has 1 saturated heterocycles. The fourth-order valence-electron chi connectivity index (χ4n) is 4.83. The lowest BCUT2D eigenvalue weighted by atomic mass is 9.93. The highest BCUT2D eigenvalue weighted by atomic mass is 16.5. The molecule has 0 aromatic heterocycles. The second-order valence-corrected chi connectivity index (χ2v) is 8.76. The number of ether oxygens (including phenoxy) is 2. The summed E-state index contributed by atoms with van der Waals surface area (Å²) in [6.45, 7) is 6.10. The average molecular weight is 458 g/mol. The van der Waals surface area contributed by atoms with Crippen molar-refractivity contribution in [3.63, 3.8) is 0 Å². The van der Waals surface area contributed by atoms with Gasteiger partial charge in [-0.15, -0.1) is 0 Å². The number of benzene rings is 3. The maximum Gasteiger partial charge on any atom is 0.318 e. The van der Waals surface area contributed by atoms with Crippen LogP contribution in [0.15, 0.2) is 78.9 Å². The Labute approximate surface area is 201 Å². The highest BCUT2D eigenvalue weighted by Crippen LogP contribution is 2.38. The number of urea groups is 1. The third kappa shape index (κ3) is 4.73. The molecule has 0 bridgehead atoms. The number of para-hydroxylation sites is 1. The molecular weight excluding hydrogens is 426 g/mol. The zero-order valence-corrected chi connectivity index (χ0v) is 19.5. The molecule has 1 unspecified atom stereocenters. The molecule has 6 nitrogen and oxygen atoms in total. The number of likely N-dealkylation sites (tertiary alicyclic amines) is 1. The molecule has 0 aliphatic carbocycles. The van der Waals surface area contributed by atoms with Crippen molar-refractivity contribution in [1.82, 2.24) is 15.1 Å². The summed E-state index contributed by atoms with van der Waals surface area (Å²) in [6.07, 6.45) is 0. The summed E-state index contributed by atoms with van der Waals surface area (Å²) in [5.41, 5.74) is 3.35. The summed E-state index contributed by atoms with van der Waals surface area (Å²) in [4.78, 5) is 17.8. The molecule has 5 rings (SSSR count). The van der Waals surface area contributed by atoms with E-state index in [1.807, 2.05) is 60.4 Å². The van der Waals surface area contributed by atoms with E-state index in [4.69, 9.17) is 9.47 Å². The topological polar surface area (TPSA) is 54.0 Å². The minimum absolute atomic E-state index is 0.0418. The second kappa shape index (κ2) is 10.2. The standard InChI is InChI=1S/C28H31N3O3/c1-2-33-24-14-12-21(13-15-24)18-30-19-23(20-30)31-27(22-8-4-3-5-9-22)25-10-6-7-11-26(25)34-17-16-29-28(31)32/h3-15,23,27H,2,16-20H2,1H3,(H,29,32). The van der Waals surface area contributed by atoms with E-state index in [2.05, 4.69) is 40.5 Å². The summed E-state index contributed by atoms with van der Waals surface area (Å²) in [5, 5.41) is 3.07. The maximum absolute atomic E-state index is 13.4. The summed E-state index contributed by atoms with van der Waals surface area (Å²) in [7, 11) is 0. The van der Waals surface area contributed by atoms with Crippen LogP contribution in [-0.2, 0) is 6.54 Å². The highest BCUT2D eigenvalue weighted by molar-refractivity contribution is 5.76. The van der Waals surface area contributed by atoms with Crippen molar-refractivity contribution in [3.05, 3.63) is 95.6 Å². The number of nitrogens with one attached hydrogen (secondary N) is 1. The summed E-state index contributed by atoms with van der Waals surface area (Å²) >= 11 is 0. The number of hydrogen-bond acceptors (Lipinski definition) is 4. The molecule has 6 heteroatoms. The minimum Gasteiger partial charge on any atom is -0.494 e. The van der Waals surface area contributed by atoms with Crippen LogP contribution < -0.4 is 14.8 Å². The predicted molar refractivity (Wildman–Crippen MR) is 132 cm³/mol. The molecule has 1 atom stereocenters. The van der Waals surface area contributed by atoms with Gasteiger partial charge in [0.25, 0.3) is 0 Å². The van der Waals surface area contributed by atoms with Crippen LogP contribution in [0.1, 0.15) is 29.7 Å². The SMILES string of the molecule is CCOc1ccc(CN2CC(N3C(=O)NCCOc4ccccc4C3c3ccccc3)C2)cc1. The van der Waals surface area contributed by atoms with Crippen LogP contribution >= 0.6 is 0 Å². The van der Waals surface area contributed by atoms with Crippen molar-refractivity contribution in [2.75, 3.05) is 32.8 Å². The zero-order chi connectivity index (χ0) is 23.3. The number of nitrogens with zero attached hydrogens (tertiary/aromatic N) is 2. The molecule has 3 aromatic rings. The van der Waals surface area contributed by atoms with Crippen LogP contribution in [0.3, 0.4) is 0 Å². The Morgan fingerprint density at radius 3 is 2.47 bits per heavy atom. The summed E-state index contributed by atoms with van der Waals surface area (Å²) in [5.74, 6) is 1.73. The van der Waals surface area contributed by atoms with Gasteiger partial charge >= 0.3 is 6.03 Å². The Morgan fingerprint density at radius 2 is 1.71 bits per heavy atom. The maximum atomic E-state index is 13.4.